The van der Waals surface area contributed by atoms with E-state index in [0.717, 1.165) is 35.9 Å². The summed E-state index contributed by atoms with van der Waals surface area (Å²) < 4.78 is 4.65. The van der Waals surface area contributed by atoms with Gasteiger partial charge in [-0.15, -0.1) is 0 Å². The third kappa shape index (κ3) is 2.70. The van der Waals surface area contributed by atoms with E-state index in [1.54, 1.807) is 6.20 Å². The van der Waals surface area contributed by atoms with Crippen molar-refractivity contribution < 1.29 is 4.63 Å². The van der Waals surface area contributed by atoms with Crippen LogP contribution in [0.2, 0.25) is 0 Å². The summed E-state index contributed by atoms with van der Waals surface area (Å²) in [5.74, 6) is 0.744. The second kappa shape index (κ2) is 5.31. The first-order valence-corrected chi connectivity index (χ1v) is 6.40. The van der Waals surface area contributed by atoms with Gasteiger partial charge >= 0.3 is 0 Å². The average molecular weight is 260 g/mol. The van der Waals surface area contributed by atoms with Crippen molar-refractivity contribution in [1.82, 2.24) is 25.6 Å². The second-order valence-corrected chi connectivity index (χ2v) is 4.63. The zero-order chi connectivity index (χ0) is 13.1. The number of hydrogen-bond donors (Lipinski definition) is 2. The largest absolute Gasteiger partial charge is 0.363 e. The van der Waals surface area contributed by atoms with Crippen molar-refractivity contribution in [2.24, 2.45) is 0 Å². The molecule has 1 aliphatic heterocycles. The predicted molar refractivity (Wildman–Crippen MR) is 68.4 cm³/mol. The van der Waals surface area contributed by atoms with Gasteiger partial charge in [0.15, 0.2) is 0 Å². The fourth-order valence-electron chi connectivity index (χ4n) is 2.16. The van der Waals surface area contributed by atoms with E-state index in [9.17, 15) is 0 Å². The van der Waals surface area contributed by atoms with Gasteiger partial charge in [-0.3, -0.25) is 4.98 Å². The van der Waals surface area contributed by atoms with Crippen LogP contribution in [0, 0.1) is 6.92 Å². The zero-order valence-electron chi connectivity index (χ0n) is 10.8. The molecule has 1 unspecified atom stereocenters. The predicted octanol–water partition coefficient (Wildman–Crippen LogP) is 1.20. The highest BCUT2D eigenvalue weighted by Crippen LogP contribution is 2.21. The molecule has 2 aromatic rings. The Morgan fingerprint density at radius 2 is 2.37 bits per heavy atom. The molecule has 1 atom stereocenters. The second-order valence-electron chi connectivity index (χ2n) is 4.63. The van der Waals surface area contributed by atoms with Crippen LogP contribution < -0.4 is 10.6 Å². The number of rotatable bonds is 4. The standard InChI is InChI=1S/C12H16N6O/c1-8-10(18-19-17-8)6-15-12-7-13-5-11(16-12)9-3-2-4-14-9/h5,7,9,14H,2-4,6H2,1H3,(H,15,16). The SMILES string of the molecule is Cc1nonc1CNc1cncc(C2CCCN2)n1. The van der Waals surface area contributed by atoms with E-state index < -0.39 is 0 Å². The molecule has 0 bridgehead atoms. The van der Waals surface area contributed by atoms with E-state index in [1.165, 1.54) is 6.42 Å². The van der Waals surface area contributed by atoms with Gasteiger partial charge in [0.2, 0.25) is 0 Å². The Kier molecular flexibility index (Phi) is 3.37. The lowest BCUT2D eigenvalue weighted by atomic mass is 10.2. The molecule has 2 N–H and O–H groups in total. The Bertz CT molecular complexity index is 549. The molecule has 0 aromatic carbocycles. The average Bonchev–Trinajstić information content (AvgIpc) is 3.08. The van der Waals surface area contributed by atoms with Gasteiger partial charge in [0.1, 0.15) is 17.2 Å². The van der Waals surface area contributed by atoms with E-state index in [4.69, 9.17) is 0 Å². The normalized spacial score (nSPS) is 18.7. The summed E-state index contributed by atoms with van der Waals surface area (Å²) >= 11 is 0. The van der Waals surface area contributed by atoms with Crippen molar-refractivity contribution >= 4 is 5.82 Å². The quantitative estimate of drug-likeness (QED) is 0.853. The highest BCUT2D eigenvalue weighted by atomic mass is 16.6. The van der Waals surface area contributed by atoms with Crippen LogP contribution in [0.4, 0.5) is 5.82 Å². The maximum atomic E-state index is 4.65. The number of nitrogens with zero attached hydrogens (tertiary/aromatic N) is 4. The van der Waals surface area contributed by atoms with Crippen molar-refractivity contribution in [3.05, 3.63) is 29.5 Å². The molecule has 0 amide bonds. The number of hydrogen-bond acceptors (Lipinski definition) is 7. The lowest BCUT2D eigenvalue weighted by molar-refractivity contribution is 0.301. The van der Waals surface area contributed by atoms with E-state index >= 15 is 0 Å². The molecule has 3 heterocycles. The van der Waals surface area contributed by atoms with Gasteiger partial charge in [-0.1, -0.05) is 10.3 Å². The molecule has 7 nitrogen and oxygen atoms in total. The monoisotopic (exact) mass is 260 g/mol. The summed E-state index contributed by atoms with van der Waals surface area (Å²) in [5.41, 5.74) is 2.55. The lowest BCUT2D eigenvalue weighted by Gasteiger charge is -2.10. The van der Waals surface area contributed by atoms with Crippen molar-refractivity contribution in [3.8, 4) is 0 Å². The fraction of sp³-hybridized carbons (Fsp3) is 0.500. The van der Waals surface area contributed by atoms with Crippen LogP contribution in [0.1, 0.15) is 36.0 Å². The minimum Gasteiger partial charge on any atom is -0.363 e. The van der Waals surface area contributed by atoms with Crippen LogP contribution in [0.15, 0.2) is 17.0 Å². The first kappa shape index (κ1) is 12.0. The van der Waals surface area contributed by atoms with Crippen molar-refractivity contribution in [2.45, 2.75) is 32.4 Å². The minimum atomic E-state index is 0.324. The molecule has 1 saturated heterocycles. The zero-order valence-corrected chi connectivity index (χ0v) is 10.8. The van der Waals surface area contributed by atoms with Gasteiger partial charge in [-0.05, 0) is 26.3 Å². The molecule has 0 saturated carbocycles. The number of nitrogens with one attached hydrogen (secondary N) is 2. The molecule has 7 heteroatoms. The first-order chi connectivity index (χ1) is 9.33. The number of aryl methyl sites for hydroxylation is 1. The fourth-order valence-corrected chi connectivity index (χ4v) is 2.16. The summed E-state index contributed by atoms with van der Waals surface area (Å²) in [7, 11) is 0. The topological polar surface area (TPSA) is 88.8 Å². The summed E-state index contributed by atoms with van der Waals surface area (Å²) in [6, 6.07) is 0.324. The molecule has 1 fully saturated rings. The molecule has 0 radical (unpaired) electrons. The van der Waals surface area contributed by atoms with Crippen molar-refractivity contribution in [3.63, 3.8) is 0 Å². The third-order valence-electron chi connectivity index (χ3n) is 3.25. The highest BCUT2D eigenvalue weighted by Gasteiger charge is 2.18. The van der Waals surface area contributed by atoms with Crippen molar-refractivity contribution in [2.75, 3.05) is 11.9 Å². The van der Waals surface area contributed by atoms with Crippen LogP contribution in [-0.2, 0) is 6.54 Å². The van der Waals surface area contributed by atoms with Gasteiger partial charge in [-0.25, -0.2) is 9.61 Å². The van der Waals surface area contributed by atoms with E-state index in [1.807, 2.05) is 13.1 Å². The molecule has 2 aromatic heterocycles. The summed E-state index contributed by atoms with van der Waals surface area (Å²) in [4.78, 5) is 8.80. The van der Waals surface area contributed by atoms with Gasteiger partial charge in [0, 0.05) is 0 Å². The number of anilines is 1. The van der Waals surface area contributed by atoms with E-state index in [2.05, 4.69) is 35.5 Å². The third-order valence-corrected chi connectivity index (χ3v) is 3.25. The van der Waals surface area contributed by atoms with E-state index in [-0.39, 0.29) is 0 Å². The summed E-state index contributed by atoms with van der Waals surface area (Å²) in [5, 5.41) is 14.2. The van der Waals surface area contributed by atoms with E-state index in [0.29, 0.717) is 12.6 Å². The molecule has 100 valence electrons. The Morgan fingerprint density at radius 3 is 3.11 bits per heavy atom. The lowest BCUT2D eigenvalue weighted by Crippen LogP contribution is -2.15. The molecule has 0 aliphatic carbocycles. The number of aromatic nitrogens is 4. The maximum absolute atomic E-state index is 4.65. The van der Waals surface area contributed by atoms with Crippen LogP contribution in [0.25, 0.3) is 0 Å². The molecule has 0 spiro atoms. The Labute approximate surface area is 110 Å². The van der Waals surface area contributed by atoms with Gasteiger partial charge < -0.3 is 10.6 Å². The van der Waals surface area contributed by atoms with Gasteiger partial charge in [0.25, 0.3) is 0 Å². The van der Waals surface area contributed by atoms with Crippen molar-refractivity contribution in [1.29, 1.82) is 0 Å². The Hall–Kier alpha value is -2.02. The molecule has 19 heavy (non-hydrogen) atoms. The van der Waals surface area contributed by atoms with Crippen LogP contribution in [-0.4, -0.2) is 26.8 Å². The first-order valence-electron chi connectivity index (χ1n) is 6.40. The van der Waals surface area contributed by atoms with Crippen LogP contribution >= 0.6 is 0 Å². The molecule has 3 rings (SSSR count). The van der Waals surface area contributed by atoms with Crippen LogP contribution in [0.5, 0.6) is 0 Å². The molecular weight excluding hydrogens is 244 g/mol. The minimum absolute atomic E-state index is 0.324. The summed E-state index contributed by atoms with van der Waals surface area (Å²) in [6.45, 7) is 3.44. The smallest absolute Gasteiger partial charge is 0.145 e. The van der Waals surface area contributed by atoms with Crippen LogP contribution in [0.3, 0.4) is 0 Å². The highest BCUT2D eigenvalue weighted by molar-refractivity contribution is 5.33. The summed E-state index contributed by atoms with van der Waals surface area (Å²) in [6.07, 6.45) is 5.83. The maximum Gasteiger partial charge on any atom is 0.145 e. The molecular formula is C12H16N6O. The Morgan fingerprint density at radius 1 is 1.42 bits per heavy atom. The van der Waals surface area contributed by atoms with Gasteiger partial charge in [0.05, 0.1) is 30.7 Å². The van der Waals surface area contributed by atoms with Gasteiger partial charge in [-0.2, -0.15) is 0 Å². The molecule has 1 aliphatic rings. The Balaban J connectivity index is 1.67.